The van der Waals surface area contributed by atoms with E-state index in [4.69, 9.17) is 0 Å². The van der Waals surface area contributed by atoms with Gasteiger partial charge in [-0.25, -0.2) is 4.79 Å². The van der Waals surface area contributed by atoms with Crippen molar-refractivity contribution in [3.05, 3.63) is 35.4 Å². The maximum absolute atomic E-state index is 11.1. The van der Waals surface area contributed by atoms with Crippen molar-refractivity contribution in [3.63, 3.8) is 0 Å². The van der Waals surface area contributed by atoms with Crippen LogP contribution < -0.4 is 5.32 Å². The van der Waals surface area contributed by atoms with Crippen LogP contribution in [0.25, 0.3) is 6.08 Å². The van der Waals surface area contributed by atoms with Crippen molar-refractivity contribution in [1.29, 1.82) is 0 Å². The minimum atomic E-state index is -0.428. The number of methoxy groups -OCH3 is 1. The molecular weight excluding hydrogens is 190 g/mol. The zero-order valence-electron chi connectivity index (χ0n) is 8.62. The van der Waals surface area contributed by atoms with E-state index >= 15 is 0 Å². The average molecular weight is 203 g/mol. The molecule has 3 heteroatoms. The Bertz CT molecular complexity index is 410. The molecule has 0 aromatic heterocycles. The molecule has 1 aliphatic carbocycles. The van der Waals surface area contributed by atoms with Crippen molar-refractivity contribution in [2.45, 2.75) is 12.8 Å². The molecule has 2 rings (SSSR count). The highest BCUT2D eigenvalue weighted by atomic mass is 16.5. The summed E-state index contributed by atoms with van der Waals surface area (Å²) in [5.74, 6) is 0. The molecule has 1 aromatic carbocycles. The first kappa shape index (κ1) is 9.77. The number of benzene rings is 1. The van der Waals surface area contributed by atoms with Crippen LogP contribution in [0.5, 0.6) is 0 Å². The number of hydrogen-bond donors (Lipinski definition) is 1. The van der Waals surface area contributed by atoms with Gasteiger partial charge < -0.3 is 4.74 Å². The van der Waals surface area contributed by atoms with Gasteiger partial charge >= 0.3 is 6.09 Å². The van der Waals surface area contributed by atoms with E-state index in [2.05, 4.69) is 22.2 Å². The fourth-order valence-corrected chi connectivity index (χ4v) is 1.74. The number of rotatable bonds is 1. The number of fused-ring (bicyclic) bond motifs is 1. The lowest BCUT2D eigenvalue weighted by Gasteiger charge is -2.14. The van der Waals surface area contributed by atoms with Crippen LogP contribution in [-0.2, 0) is 11.2 Å². The lowest BCUT2D eigenvalue weighted by atomic mass is 9.96. The van der Waals surface area contributed by atoms with Gasteiger partial charge in [-0.05, 0) is 24.5 Å². The summed E-state index contributed by atoms with van der Waals surface area (Å²) >= 11 is 0. The van der Waals surface area contributed by atoms with Crippen LogP contribution in [0.4, 0.5) is 10.5 Å². The first-order valence-electron chi connectivity index (χ1n) is 4.94. The standard InChI is InChI=1S/C12H13NO2/c1-15-12(14)13-11-8-4-6-9-5-2-3-7-10(9)11/h3-4,6-8H,2,5H2,1H3,(H,13,14). The number of anilines is 1. The van der Waals surface area contributed by atoms with E-state index < -0.39 is 6.09 Å². The molecule has 0 heterocycles. The van der Waals surface area contributed by atoms with Gasteiger partial charge in [0.25, 0.3) is 0 Å². The Balaban J connectivity index is 2.32. The highest BCUT2D eigenvalue weighted by molar-refractivity contribution is 5.88. The summed E-state index contributed by atoms with van der Waals surface area (Å²) in [5.41, 5.74) is 3.18. The van der Waals surface area contributed by atoms with Crippen molar-refractivity contribution in [3.8, 4) is 0 Å². The molecule has 78 valence electrons. The zero-order chi connectivity index (χ0) is 10.7. The third kappa shape index (κ3) is 2.01. The second-order valence-corrected chi connectivity index (χ2v) is 3.44. The summed E-state index contributed by atoms with van der Waals surface area (Å²) in [5, 5.41) is 2.71. The van der Waals surface area contributed by atoms with Crippen LogP contribution >= 0.6 is 0 Å². The van der Waals surface area contributed by atoms with Gasteiger partial charge in [0.2, 0.25) is 0 Å². The van der Waals surface area contributed by atoms with Crippen LogP contribution in [-0.4, -0.2) is 13.2 Å². The van der Waals surface area contributed by atoms with Crippen molar-refractivity contribution in [2.75, 3.05) is 12.4 Å². The summed E-state index contributed by atoms with van der Waals surface area (Å²) in [6.07, 6.45) is 5.83. The van der Waals surface area contributed by atoms with Gasteiger partial charge in [-0.2, -0.15) is 0 Å². The molecule has 0 radical (unpaired) electrons. The van der Waals surface area contributed by atoms with Crippen LogP contribution in [0.3, 0.4) is 0 Å². The van der Waals surface area contributed by atoms with Crippen LogP contribution in [0.1, 0.15) is 17.5 Å². The van der Waals surface area contributed by atoms with Crippen molar-refractivity contribution < 1.29 is 9.53 Å². The Morgan fingerprint density at radius 1 is 1.47 bits per heavy atom. The molecule has 0 aliphatic heterocycles. The number of allylic oxidation sites excluding steroid dienone is 1. The Labute approximate surface area is 88.8 Å². The number of aryl methyl sites for hydroxylation is 1. The second kappa shape index (κ2) is 4.17. The summed E-state index contributed by atoms with van der Waals surface area (Å²) in [4.78, 5) is 11.1. The average Bonchev–Trinajstić information content (AvgIpc) is 2.29. The topological polar surface area (TPSA) is 38.3 Å². The van der Waals surface area contributed by atoms with Gasteiger partial charge in [0.15, 0.2) is 0 Å². The minimum Gasteiger partial charge on any atom is -0.453 e. The first-order valence-corrected chi connectivity index (χ1v) is 4.94. The minimum absolute atomic E-state index is 0.428. The maximum Gasteiger partial charge on any atom is 0.411 e. The fraction of sp³-hybridized carbons (Fsp3) is 0.250. The van der Waals surface area contributed by atoms with E-state index in [-0.39, 0.29) is 0 Å². The third-order valence-corrected chi connectivity index (χ3v) is 2.48. The molecule has 1 N–H and O–H groups in total. The molecule has 3 nitrogen and oxygen atoms in total. The number of carbonyl (C=O) groups is 1. The first-order chi connectivity index (χ1) is 7.31. The van der Waals surface area contributed by atoms with E-state index in [1.54, 1.807) is 0 Å². The number of nitrogens with one attached hydrogen (secondary N) is 1. The lowest BCUT2D eigenvalue weighted by Crippen LogP contribution is -2.12. The van der Waals surface area contributed by atoms with Crippen molar-refractivity contribution >= 4 is 17.9 Å². The molecule has 15 heavy (non-hydrogen) atoms. The zero-order valence-corrected chi connectivity index (χ0v) is 8.62. The highest BCUT2D eigenvalue weighted by Gasteiger charge is 2.10. The molecule has 0 spiro atoms. The van der Waals surface area contributed by atoms with Crippen molar-refractivity contribution in [1.82, 2.24) is 0 Å². The summed E-state index contributed by atoms with van der Waals surface area (Å²) in [6.45, 7) is 0. The van der Waals surface area contributed by atoms with Gasteiger partial charge in [-0.15, -0.1) is 0 Å². The Morgan fingerprint density at radius 3 is 3.13 bits per heavy atom. The molecule has 1 aromatic rings. The van der Waals surface area contributed by atoms with E-state index in [9.17, 15) is 4.79 Å². The summed E-state index contributed by atoms with van der Waals surface area (Å²) < 4.78 is 4.57. The highest BCUT2D eigenvalue weighted by Crippen LogP contribution is 2.26. The molecule has 0 saturated heterocycles. The fourth-order valence-electron chi connectivity index (χ4n) is 1.74. The number of carbonyl (C=O) groups excluding carboxylic acids is 1. The summed E-state index contributed by atoms with van der Waals surface area (Å²) in [6, 6.07) is 5.91. The molecule has 1 aliphatic rings. The van der Waals surface area contributed by atoms with E-state index in [1.807, 2.05) is 18.2 Å². The third-order valence-electron chi connectivity index (χ3n) is 2.48. The van der Waals surface area contributed by atoms with Crippen LogP contribution in [0.2, 0.25) is 0 Å². The number of amides is 1. The van der Waals surface area contributed by atoms with Gasteiger partial charge in [0.1, 0.15) is 0 Å². The maximum atomic E-state index is 11.1. The molecule has 0 fully saturated rings. The number of ether oxygens (including phenoxy) is 1. The van der Waals surface area contributed by atoms with Gasteiger partial charge in [-0.1, -0.05) is 24.3 Å². The van der Waals surface area contributed by atoms with Gasteiger partial charge in [-0.3, -0.25) is 5.32 Å². The largest absolute Gasteiger partial charge is 0.453 e. The SMILES string of the molecule is COC(=O)Nc1cccc2c1C=CCC2. The predicted molar refractivity (Wildman–Crippen MR) is 59.8 cm³/mol. The smallest absolute Gasteiger partial charge is 0.411 e. The van der Waals surface area contributed by atoms with Crippen LogP contribution in [0.15, 0.2) is 24.3 Å². The van der Waals surface area contributed by atoms with E-state index in [1.165, 1.54) is 12.7 Å². The van der Waals surface area contributed by atoms with E-state index in [0.717, 1.165) is 24.1 Å². The Hall–Kier alpha value is -1.77. The molecular formula is C12H13NO2. The molecule has 0 saturated carbocycles. The molecule has 0 unspecified atom stereocenters. The molecule has 1 amide bonds. The molecule has 0 atom stereocenters. The predicted octanol–water partition coefficient (Wildman–Crippen LogP) is 2.82. The normalized spacial score (nSPS) is 13.1. The van der Waals surface area contributed by atoms with Crippen LogP contribution in [0, 0.1) is 0 Å². The second-order valence-electron chi connectivity index (χ2n) is 3.44. The molecule has 0 bridgehead atoms. The van der Waals surface area contributed by atoms with E-state index in [0.29, 0.717) is 0 Å². The quantitative estimate of drug-likeness (QED) is 0.762. The monoisotopic (exact) mass is 203 g/mol. The van der Waals surface area contributed by atoms with Gasteiger partial charge in [0, 0.05) is 5.56 Å². The lowest BCUT2D eigenvalue weighted by molar-refractivity contribution is 0.187. The van der Waals surface area contributed by atoms with Crippen molar-refractivity contribution in [2.24, 2.45) is 0 Å². The Morgan fingerprint density at radius 2 is 2.33 bits per heavy atom. The summed E-state index contributed by atoms with van der Waals surface area (Å²) in [7, 11) is 1.36. The Kier molecular flexibility index (Phi) is 2.72. The number of hydrogen-bond acceptors (Lipinski definition) is 2. The van der Waals surface area contributed by atoms with Gasteiger partial charge in [0.05, 0.1) is 12.8 Å².